The first kappa shape index (κ1) is 14.6. The van der Waals surface area contributed by atoms with Crippen LogP contribution in [0, 0.1) is 20.8 Å². The third kappa shape index (κ3) is 2.85. The van der Waals surface area contributed by atoms with Gasteiger partial charge in [0.25, 0.3) is 5.91 Å². The lowest BCUT2D eigenvalue weighted by Crippen LogP contribution is -2.13. The number of aryl methyl sites for hydroxylation is 2. The molecule has 2 aromatic carbocycles. The van der Waals surface area contributed by atoms with Gasteiger partial charge in [-0.2, -0.15) is 0 Å². The van der Waals surface area contributed by atoms with Crippen LogP contribution in [-0.4, -0.2) is 11.0 Å². The Kier molecular flexibility index (Phi) is 4.14. The molecule has 0 heterocycles. The molecule has 0 saturated carbocycles. The second-order valence-electron chi connectivity index (χ2n) is 4.82. The maximum atomic E-state index is 12.2. The molecule has 0 aliphatic rings. The molecule has 0 aliphatic carbocycles. The van der Waals surface area contributed by atoms with Crippen molar-refractivity contribution in [2.75, 3.05) is 5.32 Å². The fraction of sp³-hybridized carbons (Fsp3) is 0.188. The molecule has 0 bridgehead atoms. The lowest BCUT2D eigenvalue weighted by atomic mass is 10.1. The van der Waals surface area contributed by atoms with Crippen LogP contribution in [0.4, 0.5) is 5.69 Å². The van der Waals surface area contributed by atoms with E-state index in [4.69, 9.17) is 0 Å². The molecule has 2 aromatic rings. The molecule has 0 spiro atoms. The lowest BCUT2D eigenvalue weighted by molar-refractivity contribution is 0.102. The topological polar surface area (TPSA) is 49.3 Å². The Bertz CT molecular complexity index is 680. The highest BCUT2D eigenvalue weighted by atomic mass is 79.9. The summed E-state index contributed by atoms with van der Waals surface area (Å²) in [5, 5.41) is 12.7. The van der Waals surface area contributed by atoms with Crippen LogP contribution in [-0.2, 0) is 0 Å². The average Bonchev–Trinajstić information content (AvgIpc) is 2.42. The number of halogens is 1. The van der Waals surface area contributed by atoms with Crippen molar-refractivity contribution in [3.05, 3.63) is 57.1 Å². The molecular formula is C16H16BrNO2. The SMILES string of the molecule is Cc1cc(C(=O)Nc2ccc(C)c(O)c2C)ccc1Br. The second-order valence-corrected chi connectivity index (χ2v) is 5.68. The van der Waals surface area contributed by atoms with Gasteiger partial charge in [-0.3, -0.25) is 4.79 Å². The van der Waals surface area contributed by atoms with Crippen LogP contribution in [0.3, 0.4) is 0 Å². The maximum Gasteiger partial charge on any atom is 0.255 e. The van der Waals surface area contributed by atoms with Gasteiger partial charge in [0.15, 0.2) is 0 Å². The predicted molar refractivity (Wildman–Crippen MR) is 84.4 cm³/mol. The van der Waals surface area contributed by atoms with Crippen molar-refractivity contribution >= 4 is 27.5 Å². The van der Waals surface area contributed by atoms with Crippen LogP contribution in [0.15, 0.2) is 34.8 Å². The van der Waals surface area contributed by atoms with Crippen LogP contribution >= 0.6 is 15.9 Å². The minimum atomic E-state index is -0.188. The number of carbonyl (C=O) groups is 1. The molecule has 0 fully saturated rings. The molecule has 0 radical (unpaired) electrons. The molecule has 0 aromatic heterocycles. The van der Waals surface area contributed by atoms with Crippen LogP contribution in [0.5, 0.6) is 5.75 Å². The van der Waals surface area contributed by atoms with Gasteiger partial charge in [0.05, 0.1) is 0 Å². The Balaban J connectivity index is 2.28. The van der Waals surface area contributed by atoms with Crippen molar-refractivity contribution in [1.82, 2.24) is 0 Å². The highest BCUT2D eigenvalue weighted by Crippen LogP contribution is 2.28. The predicted octanol–water partition coefficient (Wildman–Crippen LogP) is 4.33. The average molecular weight is 334 g/mol. The molecule has 0 atom stereocenters. The zero-order valence-corrected chi connectivity index (χ0v) is 13.2. The summed E-state index contributed by atoms with van der Waals surface area (Å²) in [5.41, 5.74) is 3.68. The molecule has 1 amide bonds. The van der Waals surface area contributed by atoms with Crippen LogP contribution in [0.2, 0.25) is 0 Å². The first-order valence-corrected chi connectivity index (χ1v) is 7.06. The lowest BCUT2D eigenvalue weighted by Gasteiger charge is -2.12. The highest BCUT2D eigenvalue weighted by molar-refractivity contribution is 9.10. The number of benzene rings is 2. The standard InChI is InChI=1S/C16H16BrNO2/c1-9-4-7-14(11(3)15(9)19)18-16(20)12-5-6-13(17)10(2)8-12/h4-8,19H,1-3H3,(H,18,20). The molecule has 0 aliphatic heterocycles. The number of hydrogen-bond donors (Lipinski definition) is 2. The fourth-order valence-corrected chi connectivity index (χ4v) is 2.20. The number of rotatable bonds is 2. The zero-order valence-electron chi connectivity index (χ0n) is 11.6. The van der Waals surface area contributed by atoms with E-state index in [1.54, 1.807) is 25.1 Å². The molecular weight excluding hydrogens is 318 g/mol. The molecule has 0 saturated heterocycles. The van der Waals surface area contributed by atoms with Crippen LogP contribution < -0.4 is 5.32 Å². The summed E-state index contributed by atoms with van der Waals surface area (Å²) < 4.78 is 0.971. The van der Waals surface area contributed by atoms with Gasteiger partial charge in [0.2, 0.25) is 0 Å². The molecule has 4 heteroatoms. The van der Waals surface area contributed by atoms with Crippen LogP contribution in [0.25, 0.3) is 0 Å². The Hall–Kier alpha value is -1.81. The summed E-state index contributed by atoms with van der Waals surface area (Å²) in [6.45, 7) is 5.54. The van der Waals surface area contributed by atoms with E-state index < -0.39 is 0 Å². The van der Waals surface area contributed by atoms with E-state index in [1.807, 2.05) is 26.0 Å². The molecule has 104 valence electrons. The van der Waals surface area contributed by atoms with E-state index in [2.05, 4.69) is 21.2 Å². The van der Waals surface area contributed by atoms with Gasteiger partial charge in [-0.05, 0) is 56.2 Å². The van der Waals surface area contributed by atoms with Crippen LogP contribution in [0.1, 0.15) is 27.0 Å². The molecule has 0 unspecified atom stereocenters. The van der Waals surface area contributed by atoms with E-state index in [0.717, 1.165) is 15.6 Å². The first-order chi connectivity index (χ1) is 9.40. The van der Waals surface area contributed by atoms with Crippen molar-refractivity contribution < 1.29 is 9.90 Å². The largest absolute Gasteiger partial charge is 0.507 e. The normalized spacial score (nSPS) is 10.4. The third-order valence-corrected chi connectivity index (χ3v) is 4.19. The van der Waals surface area contributed by atoms with E-state index >= 15 is 0 Å². The van der Waals surface area contributed by atoms with Gasteiger partial charge in [0.1, 0.15) is 5.75 Å². The fourth-order valence-electron chi connectivity index (χ4n) is 1.95. The van der Waals surface area contributed by atoms with E-state index in [0.29, 0.717) is 16.8 Å². The van der Waals surface area contributed by atoms with Crippen molar-refractivity contribution in [2.45, 2.75) is 20.8 Å². The Morgan fingerprint density at radius 2 is 1.80 bits per heavy atom. The molecule has 2 N–H and O–H groups in total. The number of nitrogens with one attached hydrogen (secondary N) is 1. The van der Waals surface area contributed by atoms with Gasteiger partial charge in [-0.1, -0.05) is 22.0 Å². The Morgan fingerprint density at radius 1 is 1.10 bits per heavy atom. The Labute approximate surface area is 126 Å². The quantitative estimate of drug-likeness (QED) is 0.859. The summed E-state index contributed by atoms with van der Waals surface area (Å²) in [7, 11) is 0. The van der Waals surface area contributed by atoms with Gasteiger partial charge < -0.3 is 10.4 Å². The van der Waals surface area contributed by atoms with Crippen molar-refractivity contribution in [1.29, 1.82) is 0 Å². The van der Waals surface area contributed by atoms with Gasteiger partial charge in [0, 0.05) is 21.3 Å². The molecule has 2 rings (SSSR count). The summed E-state index contributed by atoms with van der Waals surface area (Å²) in [6, 6.07) is 9.01. The number of aromatic hydroxyl groups is 1. The first-order valence-electron chi connectivity index (χ1n) is 6.27. The third-order valence-electron chi connectivity index (χ3n) is 3.30. The van der Waals surface area contributed by atoms with E-state index in [1.165, 1.54) is 0 Å². The van der Waals surface area contributed by atoms with Gasteiger partial charge in [-0.25, -0.2) is 0 Å². The summed E-state index contributed by atoms with van der Waals surface area (Å²) in [4.78, 5) is 12.2. The molecule has 3 nitrogen and oxygen atoms in total. The number of phenolic OH excluding ortho intramolecular Hbond substituents is 1. The monoisotopic (exact) mass is 333 g/mol. The van der Waals surface area contributed by atoms with Crippen molar-refractivity contribution in [3.63, 3.8) is 0 Å². The summed E-state index contributed by atoms with van der Waals surface area (Å²) in [6.07, 6.45) is 0. The van der Waals surface area contributed by atoms with E-state index in [9.17, 15) is 9.90 Å². The maximum absolute atomic E-state index is 12.2. The number of amides is 1. The number of carbonyl (C=O) groups excluding carboxylic acids is 1. The minimum absolute atomic E-state index is 0.188. The zero-order chi connectivity index (χ0) is 14.9. The smallest absolute Gasteiger partial charge is 0.255 e. The number of phenols is 1. The molecule has 20 heavy (non-hydrogen) atoms. The number of anilines is 1. The number of hydrogen-bond acceptors (Lipinski definition) is 2. The van der Waals surface area contributed by atoms with Gasteiger partial charge in [-0.15, -0.1) is 0 Å². The van der Waals surface area contributed by atoms with Gasteiger partial charge >= 0.3 is 0 Å². The van der Waals surface area contributed by atoms with E-state index in [-0.39, 0.29) is 11.7 Å². The van der Waals surface area contributed by atoms with Crippen molar-refractivity contribution in [3.8, 4) is 5.75 Å². The summed E-state index contributed by atoms with van der Waals surface area (Å²) >= 11 is 3.41. The second kappa shape index (κ2) is 5.67. The minimum Gasteiger partial charge on any atom is -0.507 e. The van der Waals surface area contributed by atoms with Crippen molar-refractivity contribution in [2.24, 2.45) is 0 Å². The highest BCUT2D eigenvalue weighted by Gasteiger charge is 2.11. The summed E-state index contributed by atoms with van der Waals surface area (Å²) in [5.74, 6) is 0.0294. The Morgan fingerprint density at radius 3 is 2.45 bits per heavy atom.